The minimum atomic E-state index is 0.0492. The molecule has 1 saturated carbocycles. The van der Waals surface area contributed by atoms with Gasteiger partial charge in [-0.25, -0.2) is 0 Å². The van der Waals surface area contributed by atoms with E-state index in [0.717, 1.165) is 35.3 Å². The Morgan fingerprint density at radius 3 is 2.81 bits per heavy atom. The van der Waals surface area contributed by atoms with Crippen molar-refractivity contribution in [2.45, 2.75) is 46.0 Å². The van der Waals surface area contributed by atoms with Gasteiger partial charge < -0.3 is 10.3 Å². The molecule has 1 amide bonds. The monoisotopic (exact) mass is 284 g/mol. The van der Waals surface area contributed by atoms with Crippen LogP contribution in [-0.2, 0) is 0 Å². The molecule has 0 spiro atoms. The summed E-state index contributed by atoms with van der Waals surface area (Å²) in [6.07, 6.45) is 6.52. The number of aromatic nitrogens is 1. The number of hydrogen-bond acceptors (Lipinski definition) is 1. The Bertz CT molecular complexity index is 651. The zero-order chi connectivity index (χ0) is 14.8. The number of amides is 1. The second-order valence-electron chi connectivity index (χ2n) is 6.33. The van der Waals surface area contributed by atoms with Gasteiger partial charge in [0.1, 0.15) is 0 Å². The number of rotatable bonds is 4. The molecule has 1 aliphatic carbocycles. The first kappa shape index (κ1) is 14.2. The summed E-state index contributed by atoms with van der Waals surface area (Å²) in [5.74, 6) is 0.871. The highest BCUT2D eigenvalue weighted by atomic mass is 16.1. The van der Waals surface area contributed by atoms with E-state index in [9.17, 15) is 4.79 Å². The van der Waals surface area contributed by atoms with E-state index in [-0.39, 0.29) is 5.91 Å². The molecule has 3 rings (SSSR count). The number of hydrogen-bond donors (Lipinski definition) is 2. The van der Waals surface area contributed by atoms with Gasteiger partial charge in [0.2, 0.25) is 0 Å². The highest BCUT2D eigenvalue weighted by molar-refractivity contribution is 5.99. The van der Waals surface area contributed by atoms with Crippen LogP contribution in [0, 0.1) is 19.8 Å². The predicted octanol–water partition coefficient (Wildman–Crippen LogP) is 4.09. The summed E-state index contributed by atoms with van der Waals surface area (Å²) in [6, 6.07) is 5.91. The number of carbonyl (C=O) groups excluding carboxylic acids is 1. The molecular weight excluding hydrogens is 260 g/mol. The molecule has 1 heterocycles. The summed E-state index contributed by atoms with van der Waals surface area (Å²) in [5, 5.41) is 4.22. The number of nitrogens with one attached hydrogen (secondary N) is 2. The maximum atomic E-state index is 12.3. The molecule has 3 heteroatoms. The van der Waals surface area contributed by atoms with Crippen LogP contribution in [0.3, 0.4) is 0 Å². The van der Waals surface area contributed by atoms with Crippen LogP contribution in [0.15, 0.2) is 18.2 Å². The van der Waals surface area contributed by atoms with Crippen molar-refractivity contribution in [3.63, 3.8) is 0 Å². The maximum absolute atomic E-state index is 12.3. The van der Waals surface area contributed by atoms with Crippen LogP contribution >= 0.6 is 0 Å². The Hall–Kier alpha value is -1.77. The Morgan fingerprint density at radius 2 is 2.05 bits per heavy atom. The quantitative estimate of drug-likeness (QED) is 0.872. The van der Waals surface area contributed by atoms with E-state index in [1.54, 1.807) is 0 Å². The number of fused-ring (bicyclic) bond motifs is 1. The lowest BCUT2D eigenvalue weighted by molar-refractivity contribution is 0.0951. The summed E-state index contributed by atoms with van der Waals surface area (Å²) in [7, 11) is 0. The lowest BCUT2D eigenvalue weighted by Gasteiger charge is -2.10. The Kier molecular flexibility index (Phi) is 4.00. The molecule has 21 heavy (non-hydrogen) atoms. The first-order valence-electron chi connectivity index (χ1n) is 8.02. The number of carbonyl (C=O) groups is 1. The van der Waals surface area contributed by atoms with Gasteiger partial charge in [-0.2, -0.15) is 0 Å². The molecule has 1 aliphatic rings. The van der Waals surface area contributed by atoms with Crippen molar-refractivity contribution >= 4 is 16.8 Å². The average molecular weight is 284 g/mol. The number of aromatic amines is 1. The smallest absolute Gasteiger partial charge is 0.251 e. The van der Waals surface area contributed by atoms with Crippen molar-refractivity contribution < 1.29 is 4.79 Å². The van der Waals surface area contributed by atoms with E-state index in [0.29, 0.717) is 0 Å². The van der Waals surface area contributed by atoms with Crippen LogP contribution in [0.25, 0.3) is 10.9 Å². The molecule has 112 valence electrons. The topological polar surface area (TPSA) is 44.9 Å². The maximum Gasteiger partial charge on any atom is 0.251 e. The molecule has 0 atom stereocenters. The van der Waals surface area contributed by atoms with Crippen LogP contribution in [0.1, 0.15) is 53.7 Å². The van der Waals surface area contributed by atoms with Crippen molar-refractivity contribution in [2.75, 3.05) is 6.54 Å². The average Bonchev–Trinajstić information content (AvgIpc) is 3.08. The normalized spacial score (nSPS) is 15.7. The molecule has 2 N–H and O–H groups in total. The van der Waals surface area contributed by atoms with Gasteiger partial charge in [-0.1, -0.05) is 25.7 Å². The first-order chi connectivity index (χ1) is 10.1. The molecule has 1 aromatic carbocycles. The lowest BCUT2D eigenvalue weighted by Crippen LogP contribution is -2.25. The summed E-state index contributed by atoms with van der Waals surface area (Å²) in [6.45, 7) is 4.96. The van der Waals surface area contributed by atoms with Crippen molar-refractivity contribution in [1.29, 1.82) is 0 Å². The van der Waals surface area contributed by atoms with Gasteiger partial charge in [0.25, 0.3) is 5.91 Å². The minimum Gasteiger partial charge on any atom is -0.358 e. The van der Waals surface area contributed by atoms with Crippen molar-refractivity contribution in [3.05, 3.63) is 35.0 Å². The Labute approximate surface area is 126 Å². The van der Waals surface area contributed by atoms with Crippen LogP contribution in [0.5, 0.6) is 0 Å². The fourth-order valence-electron chi connectivity index (χ4n) is 3.39. The third kappa shape index (κ3) is 2.97. The zero-order valence-corrected chi connectivity index (χ0v) is 13.0. The molecule has 0 radical (unpaired) electrons. The molecule has 1 aromatic heterocycles. The number of benzene rings is 1. The second-order valence-corrected chi connectivity index (χ2v) is 6.33. The van der Waals surface area contributed by atoms with E-state index in [1.165, 1.54) is 36.9 Å². The first-order valence-corrected chi connectivity index (χ1v) is 8.02. The van der Waals surface area contributed by atoms with E-state index in [2.05, 4.69) is 24.1 Å². The largest absolute Gasteiger partial charge is 0.358 e. The van der Waals surface area contributed by atoms with E-state index < -0.39 is 0 Å². The standard InChI is InChI=1S/C18H24N2O/c1-12-13(2)20-17-8-7-15(11-16(12)17)18(21)19-10-9-14-5-3-4-6-14/h7-8,11,14,20H,3-6,9-10H2,1-2H3,(H,19,21). The van der Waals surface area contributed by atoms with Crippen molar-refractivity contribution in [2.24, 2.45) is 5.92 Å². The van der Waals surface area contributed by atoms with Gasteiger partial charge in [-0.3, -0.25) is 4.79 Å². The fraction of sp³-hybridized carbons (Fsp3) is 0.500. The Morgan fingerprint density at radius 1 is 1.29 bits per heavy atom. The Balaban J connectivity index is 1.65. The molecule has 2 aromatic rings. The van der Waals surface area contributed by atoms with Gasteiger partial charge in [0.15, 0.2) is 0 Å². The van der Waals surface area contributed by atoms with Crippen molar-refractivity contribution in [3.8, 4) is 0 Å². The van der Waals surface area contributed by atoms with Gasteiger partial charge >= 0.3 is 0 Å². The fourth-order valence-corrected chi connectivity index (χ4v) is 3.39. The van der Waals surface area contributed by atoms with E-state index in [4.69, 9.17) is 0 Å². The third-order valence-corrected chi connectivity index (χ3v) is 4.88. The molecule has 0 bridgehead atoms. The number of H-pyrrole nitrogens is 1. The van der Waals surface area contributed by atoms with Gasteiger partial charge in [0, 0.05) is 28.7 Å². The van der Waals surface area contributed by atoms with Gasteiger partial charge in [-0.05, 0) is 49.9 Å². The SMILES string of the molecule is Cc1[nH]c2ccc(C(=O)NCCC3CCCC3)cc2c1C. The summed E-state index contributed by atoms with van der Waals surface area (Å²) in [4.78, 5) is 15.6. The zero-order valence-electron chi connectivity index (χ0n) is 13.0. The summed E-state index contributed by atoms with van der Waals surface area (Å²) in [5.41, 5.74) is 4.26. The van der Waals surface area contributed by atoms with Crippen LogP contribution in [0.2, 0.25) is 0 Å². The predicted molar refractivity (Wildman–Crippen MR) is 86.7 cm³/mol. The van der Waals surface area contributed by atoms with Crippen LogP contribution < -0.4 is 5.32 Å². The highest BCUT2D eigenvalue weighted by Gasteiger charge is 2.15. The summed E-state index contributed by atoms with van der Waals surface area (Å²) < 4.78 is 0. The molecule has 0 saturated heterocycles. The van der Waals surface area contributed by atoms with Gasteiger partial charge in [-0.15, -0.1) is 0 Å². The molecule has 0 unspecified atom stereocenters. The lowest BCUT2D eigenvalue weighted by atomic mass is 10.0. The molecular formula is C18H24N2O. The number of aryl methyl sites for hydroxylation is 2. The minimum absolute atomic E-state index is 0.0492. The highest BCUT2D eigenvalue weighted by Crippen LogP contribution is 2.27. The van der Waals surface area contributed by atoms with Crippen LogP contribution in [-0.4, -0.2) is 17.4 Å². The van der Waals surface area contributed by atoms with E-state index >= 15 is 0 Å². The summed E-state index contributed by atoms with van der Waals surface area (Å²) >= 11 is 0. The van der Waals surface area contributed by atoms with Crippen LogP contribution in [0.4, 0.5) is 0 Å². The molecule has 3 nitrogen and oxygen atoms in total. The molecule has 0 aliphatic heterocycles. The van der Waals surface area contributed by atoms with E-state index in [1.807, 2.05) is 18.2 Å². The third-order valence-electron chi connectivity index (χ3n) is 4.88. The van der Waals surface area contributed by atoms with Gasteiger partial charge in [0.05, 0.1) is 0 Å². The molecule has 1 fully saturated rings. The van der Waals surface area contributed by atoms with Crippen molar-refractivity contribution in [1.82, 2.24) is 10.3 Å². The second kappa shape index (κ2) is 5.92.